The number of likely N-dealkylation sites (tertiary alicyclic amines) is 1. The molecule has 2 aliphatic heterocycles. The Morgan fingerprint density at radius 3 is 2.33 bits per heavy atom. The van der Waals surface area contributed by atoms with Crippen molar-refractivity contribution in [1.29, 1.82) is 0 Å². The second-order valence-electron chi connectivity index (χ2n) is 7.67. The number of hydrogen-bond acceptors (Lipinski definition) is 3. The van der Waals surface area contributed by atoms with E-state index in [1.54, 1.807) is 0 Å². The van der Waals surface area contributed by atoms with Crippen molar-refractivity contribution in [1.82, 2.24) is 10.2 Å². The number of hydrogen-bond donors (Lipinski definition) is 1. The van der Waals surface area contributed by atoms with Gasteiger partial charge in [-0.15, -0.1) is 24.0 Å². The number of nitrogens with one attached hydrogen (secondary N) is 1. The molecular weight excluding hydrogens is 417 g/mol. The van der Waals surface area contributed by atoms with Crippen molar-refractivity contribution in [3.05, 3.63) is 0 Å². The van der Waals surface area contributed by atoms with E-state index in [1.165, 1.54) is 0 Å². The molecule has 1 N–H and O–H groups in total. The van der Waals surface area contributed by atoms with Crippen molar-refractivity contribution in [2.75, 3.05) is 39.4 Å². The highest BCUT2D eigenvalue weighted by Gasteiger charge is 2.25. The number of nitrogens with zero attached hydrogens (tertiary/aromatic N) is 2. The Bertz CT molecular complexity index is 371. The Morgan fingerprint density at radius 2 is 1.79 bits per heavy atom. The molecule has 0 aromatic heterocycles. The first-order valence-corrected chi connectivity index (χ1v) is 9.26. The molecule has 2 saturated heterocycles. The van der Waals surface area contributed by atoms with Gasteiger partial charge in [0.2, 0.25) is 0 Å². The molecule has 24 heavy (non-hydrogen) atoms. The minimum absolute atomic E-state index is 0. The molecule has 6 heteroatoms. The van der Waals surface area contributed by atoms with E-state index in [4.69, 9.17) is 14.5 Å². The summed E-state index contributed by atoms with van der Waals surface area (Å²) in [7, 11) is 0. The number of halogens is 1. The van der Waals surface area contributed by atoms with E-state index < -0.39 is 0 Å². The van der Waals surface area contributed by atoms with Gasteiger partial charge in [-0.3, -0.25) is 4.99 Å². The smallest absolute Gasteiger partial charge is 0.193 e. The van der Waals surface area contributed by atoms with Crippen LogP contribution >= 0.6 is 24.0 Å². The number of guanidine groups is 1. The summed E-state index contributed by atoms with van der Waals surface area (Å²) in [6.45, 7) is 14.2. The largest absolute Gasteiger partial charge is 0.381 e. The summed E-state index contributed by atoms with van der Waals surface area (Å²) in [5, 5.41) is 3.46. The summed E-state index contributed by atoms with van der Waals surface area (Å²) in [4.78, 5) is 7.29. The molecule has 0 aliphatic carbocycles. The Hall–Kier alpha value is -0.0800. The van der Waals surface area contributed by atoms with Crippen LogP contribution in [0, 0.1) is 5.92 Å². The molecule has 0 aromatic rings. The van der Waals surface area contributed by atoms with E-state index in [2.05, 4.69) is 37.9 Å². The van der Waals surface area contributed by atoms with Gasteiger partial charge in [0.05, 0.1) is 11.7 Å². The molecule has 0 bridgehead atoms. The lowest BCUT2D eigenvalue weighted by atomic mass is 10.0. The first kappa shape index (κ1) is 22.0. The molecule has 0 amide bonds. The number of ether oxygens (including phenoxy) is 2. The SMILES string of the molecule is CCNC(=NCC1CCOCC1)N1CCC(OC(C)(C)C)CC1.I. The summed E-state index contributed by atoms with van der Waals surface area (Å²) in [5.41, 5.74) is -0.0471. The Kier molecular flexibility index (Phi) is 9.89. The predicted molar refractivity (Wildman–Crippen MR) is 110 cm³/mol. The highest BCUT2D eigenvalue weighted by molar-refractivity contribution is 14.0. The van der Waals surface area contributed by atoms with Gasteiger partial charge in [-0.05, 0) is 59.3 Å². The third-order valence-electron chi connectivity index (χ3n) is 4.44. The van der Waals surface area contributed by atoms with Gasteiger partial charge < -0.3 is 19.7 Å². The molecule has 2 heterocycles. The molecule has 2 aliphatic rings. The van der Waals surface area contributed by atoms with Crippen molar-refractivity contribution in [2.24, 2.45) is 10.9 Å². The zero-order valence-electron chi connectivity index (χ0n) is 15.8. The van der Waals surface area contributed by atoms with Crippen LogP contribution in [0.5, 0.6) is 0 Å². The van der Waals surface area contributed by atoms with E-state index in [0.29, 0.717) is 12.0 Å². The number of rotatable bonds is 4. The van der Waals surface area contributed by atoms with Crippen LogP contribution in [-0.2, 0) is 9.47 Å². The highest BCUT2D eigenvalue weighted by Crippen LogP contribution is 2.20. The average molecular weight is 453 g/mol. The summed E-state index contributed by atoms with van der Waals surface area (Å²) in [5.74, 6) is 1.76. The molecule has 5 nitrogen and oxygen atoms in total. The minimum Gasteiger partial charge on any atom is -0.381 e. The van der Waals surface area contributed by atoms with Crippen molar-refractivity contribution in [3.8, 4) is 0 Å². The van der Waals surface area contributed by atoms with Crippen LogP contribution in [0.3, 0.4) is 0 Å². The van der Waals surface area contributed by atoms with Crippen molar-refractivity contribution in [3.63, 3.8) is 0 Å². The third kappa shape index (κ3) is 7.87. The molecule has 2 rings (SSSR count). The lowest BCUT2D eigenvalue weighted by molar-refractivity contribution is -0.0772. The fraction of sp³-hybridized carbons (Fsp3) is 0.944. The normalized spacial score (nSPS) is 21.5. The summed E-state index contributed by atoms with van der Waals surface area (Å²) in [6, 6.07) is 0. The van der Waals surface area contributed by atoms with E-state index in [0.717, 1.165) is 71.0 Å². The zero-order valence-corrected chi connectivity index (χ0v) is 18.2. The molecule has 2 fully saturated rings. The van der Waals surface area contributed by atoms with Gasteiger partial charge in [-0.2, -0.15) is 0 Å². The van der Waals surface area contributed by atoms with Gasteiger partial charge in [0, 0.05) is 39.4 Å². The number of piperidine rings is 1. The van der Waals surface area contributed by atoms with Crippen LogP contribution in [-0.4, -0.2) is 62.0 Å². The molecule has 0 atom stereocenters. The highest BCUT2D eigenvalue weighted by atomic mass is 127. The fourth-order valence-electron chi connectivity index (χ4n) is 3.26. The van der Waals surface area contributed by atoms with Crippen LogP contribution in [0.1, 0.15) is 53.4 Å². The molecule has 142 valence electrons. The molecule has 0 unspecified atom stereocenters. The maximum absolute atomic E-state index is 6.12. The van der Waals surface area contributed by atoms with Crippen LogP contribution in [0.4, 0.5) is 0 Å². The van der Waals surface area contributed by atoms with Crippen LogP contribution in [0.15, 0.2) is 4.99 Å². The van der Waals surface area contributed by atoms with Gasteiger partial charge >= 0.3 is 0 Å². The van der Waals surface area contributed by atoms with Crippen molar-refractivity contribution < 1.29 is 9.47 Å². The summed E-state index contributed by atoms with van der Waals surface area (Å²) < 4.78 is 11.6. The molecule has 0 saturated carbocycles. The van der Waals surface area contributed by atoms with Gasteiger partial charge in [0.1, 0.15) is 0 Å². The van der Waals surface area contributed by atoms with Crippen molar-refractivity contribution >= 4 is 29.9 Å². The van der Waals surface area contributed by atoms with Crippen molar-refractivity contribution in [2.45, 2.75) is 65.1 Å². The monoisotopic (exact) mass is 453 g/mol. The Labute approximate surface area is 165 Å². The fourth-order valence-corrected chi connectivity index (χ4v) is 3.26. The van der Waals surface area contributed by atoms with Crippen LogP contribution < -0.4 is 5.32 Å². The Morgan fingerprint density at radius 1 is 1.17 bits per heavy atom. The molecule has 0 spiro atoms. The number of aliphatic imine (C=N–C) groups is 1. The van der Waals surface area contributed by atoms with Crippen LogP contribution in [0.25, 0.3) is 0 Å². The third-order valence-corrected chi connectivity index (χ3v) is 4.44. The maximum atomic E-state index is 6.12. The second kappa shape index (κ2) is 10.8. The van der Waals surface area contributed by atoms with E-state index in [9.17, 15) is 0 Å². The second-order valence-corrected chi connectivity index (χ2v) is 7.67. The quantitative estimate of drug-likeness (QED) is 0.403. The minimum atomic E-state index is -0.0471. The average Bonchev–Trinajstić information content (AvgIpc) is 2.52. The predicted octanol–water partition coefficient (Wildman–Crippen LogP) is 3.28. The standard InChI is InChI=1S/C18H35N3O2.HI/c1-5-19-17(20-14-15-8-12-22-13-9-15)21-10-6-16(7-11-21)23-18(2,3)4;/h15-16H,5-14H2,1-4H3,(H,19,20);1H. The molecule has 0 radical (unpaired) electrons. The van der Waals surface area contributed by atoms with Gasteiger partial charge in [-0.25, -0.2) is 0 Å². The summed E-state index contributed by atoms with van der Waals surface area (Å²) in [6.07, 6.45) is 4.83. The lowest BCUT2D eigenvalue weighted by Gasteiger charge is -2.37. The van der Waals surface area contributed by atoms with Gasteiger partial charge in [0.15, 0.2) is 5.96 Å². The Balaban J connectivity index is 0.00000288. The molecule has 0 aromatic carbocycles. The van der Waals surface area contributed by atoms with E-state index in [1.807, 2.05) is 0 Å². The topological polar surface area (TPSA) is 46.1 Å². The van der Waals surface area contributed by atoms with E-state index >= 15 is 0 Å². The zero-order chi connectivity index (χ0) is 16.7. The first-order valence-electron chi connectivity index (χ1n) is 9.26. The van der Waals surface area contributed by atoms with E-state index in [-0.39, 0.29) is 29.6 Å². The molecular formula is C18H36IN3O2. The maximum Gasteiger partial charge on any atom is 0.193 e. The van der Waals surface area contributed by atoms with Crippen LogP contribution in [0.2, 0.25) is 0 Å². The van der Waals surface area contributed by atoms with Gasteiger partial charge in [-0.1, -0.05) is 0 Å². The summed E-state index contributed by atoms with van der Waals surface area (Å²) >= 11 is 0. The van der Waals surface area contributed by atoms with Gasteiger partial charge in [0.25, 0.3) is 0 Å². The first-order chi connectivity index (χ1) is 11.0. The lowest BCUT2D eigenvalue weighted by Crippen LogP contribution is -2.48.